The number of hydrogen-bond acceptors (Lipinski definition) is 3. The summed E-state index contributed by atoms with van der Waals surface area (Å²) in [5.74, 6) is 0.940. The first-order chi connectivity index (χ1) is 11.1. The van der Waals surface area contributed by atoms with Crippen LogP contribution in [0.3, 0.4) is 0 Å². The van der Waals surface area contributed by atoms with Crippen LogP contribution in [-0.4, -0.2) is 28.9 Å². The van der Waals surface area contributed by atoms with E-state index in [0.29, 0.717) is 0 Å². The SMILES string of the molecule is CC.CN(C)c1cc(-c2cn(C)nc2-c2ccccc2)ccn1. The zero-order chi connectivity index (χ0) is 16.8. The van der Waals surface area contributed by atoms with Gasteiger partial charge in [0.15, 0.2) is 0 Å². The van der Waals surface area contributed by atoms with Crippen molar-refractivity contribution < 1.29 is 0 Å². The van der Waals surface area contributed by atoms with Crippen LogP contribution in [0.15, 0.2) is 54.9 Å². The second-order valence-electron chi connectivity index (χ2n) is 5.23. The molecule has 0 bridgehead atoms. The molecular weight excluding hydrogens is 284 g/mol. The van der Waals surface area contributed by atoms with Gasteiger partial charge < -0.3 is 4.90 Å². The van der Waals surface area contributed by atoms with E-state index in [1.807, 2.05) is 75.0 Å². The van der Waals surface area contributed by atoms with E-state index in [4.69, 9.17) is 0 Å². The molecule has 0 aliphatic heterocycles. The fraction of sp³-hybridized carbons (Fsp3) is 0.263. The molecule has 4 nitrogen and oxygen atoms in total. The Bertz CT molecular complexity index is 745. The predicted octanol–water partition coefficient (Wildman–Crippen LogP) is 4.24. The van der Waals surface area contributed by atoms with Gasteiger partial charge in [-0.25, -0.2) is 4.98 Å². The first kappa shape index (κ1) is 16.7. The molecule has 0 aliphatic carbocycles. The number of benzene rings is 1. The van der Waals surface area contributed by atoms with E-state index >= 15 is 0 Å². The van der Waals surface area contributed by atoms with Gasteiger partial charge in [0.25, 0.3) is 0 Å². The molecule has 0 saturated heterocycles. The van der Waals surface area contributed by atoms with Crippen LogP contribution >= 0.6 is 0 Å². The molecule has 0 saturated carbocycles. The van der Waals surface area contributed by atoms with Crippen molar-refractivity contribution in [3.63, 3.8) is 0 Å². The van der Waals surface area contributed by atoms with Gasteiger partial charge in [0.2, 0.25) is 0 Å². The molecule has 120 valence electrons. The molecule has 0 unspecified atom stereocenters. The van der Waals surface area contributed by atoms with E-state index in [0.717, 1.165) is 28.2 Å². The molecule has 3 aromatic rings. The molecule has 0 aliphatic rings. The summed E-state index contributed by atoms with van der Waals surface area (Å²) in [4.78, 5) is 6.37. The molecule has 1 aromatic carbocycles. The van der Waals surface area contributed by atoms with E-state index in [-0.39, 0.29) is 0 Å². The standard InChI is InChI=1S/C17H18N4.C2H6/c1-20(2)16-11-14(9-10-18-16)15-12-21(3)19-17(15)13-7-5-4-6-8-13;1-2/h4-12H,1-3H3;1-2H3. The van der Waals surface area contributed by atoms with Crippen molar-refractivity contribution in [1.29, 1.82) is 0 Å². The number of anilines is 1. The van der Waals surface area contributed by atoms with Crippen LogP contribution in [0.1, 0.15) is 13.8 Å². The Morgan fingerprint density at radius 1 is 0.957 bits per heavy atom. The highest BCUT2D eigenvalue weighted by molar-refractivity contribution is 5.81. The number of pyridine rings is 1. The zero-order valence-electron chi connectivity index (χ0n) is 14.5. The maximum Gasteiger partial charge on any atom is 0.128 e. The first-order valence-corrected chi connectivity index (χ1v) is 7.88. The Morgan fingerprint density at radius 3 is 2.30 bits per heavy atom. The third-order valence-electron chi connectivity index (χ3n) is 3.39. The van der Waals surface area contributed by atoms with E-state index in [2.05, 4.69) is 34.5 Å². The van der Waals surface area contributed by atoms with E-state index in [9.17, 15) is 0 Å². The minimum atomic E-state index is 0.940. The summed E-state index contributed by atoms with van der Waals surface area (Å²) in [6.45, 7) is 4.00. The largest absolute Gasteiger partial charge is 0.363 e. The number of nitrogens with zero attached hydrogens (tertiary/aromatic N) is 4. The van der Waals surface area contributed by atoms with Crippen LogP contribution in [0.4, 0.5) is 5.82 Å². The lowest BCUT2D eigenvalue weighted by atomic mass is 10.0. The Balaban J connectivity index is 0.000000924. The smallest absolute Gasteiger partial charge is 0.128 e. The Labute approximate surface area is 138 Å². The normalized spacial score (nSPS) is 9.96. The van der Waals surface area contributed by atoms with Gasteiger partial charge in [0.05, 0.1) is 0 Å². The lowest BCUT2D eigenvalue weighted by Gasteiger charge is -2.12. The summed E-state index contributed by atoms with van der Waals surface area (Å²) in [5, 5.41) is 4.61. The van der Waals surface area contributed by atoms with E-state index in [1.54, 1.807) is 0 Å². The third kappa shape index (κ3) is 3.77. The molecule has 0 N–H and O–H groups in total. The van der Waals surface area contributed by atoms with Crippen LogP contribution in [0.2, 0.25) is 0 Å². The van der Waals surface area contributed by atoms with Crippen molar-refractivity contribution in [2.75, 3.05) is 19.0 Å². The molecule has 3 rings (SSSR count). The highest BCUT2D eigenvalue weighted by atomic mass is 15.3. The van der Waals surface area contributed by atoms with Crippen LogP contribution in [-0.2, 0) is 7.05 Å². The molecular formula is C19H24N4. The van der Waals surface area contributed by atoms with Gasteiger partial charge in [-0.1, -0.05) is 44.2 Å². The summed E-state index contributed by atoms with van der Waals surface area (Å²) >= 11 is 0. The predicted molar refractivity (Wildman–Crippen MR) is 97.6 cm³/mol. The Hall–Kier alpha value is -2.62. The van der Waals surface area contributed by atoms with Crippen molar-refractivity contribution >= 4 is 5.82 Å². The number of hydrogen-bond donors (Lipinski definition) is 0. The average molecular weight is 308 g/mol. The fourth-order valence-electron chi connectivity index (χ4n) is 2.34. The molecule has 0 amide bonds. The van der Waals surface area contributed by atoms with Gasteiger partial charge >= 0.3 is 0 Å². The van der Waals surface area contributed by atoms with Gasteiger partial charge in [-0.2, -0.15) is 5.10 Å². The molecule has 2 aromatic heterocycles. The van der Waals surface area contributed by atoms with Gasteiger partial charge in [-0.05, 0) is 17.7 Å². The molecule has 0 atom stereocenters. The molecule has 23 heavy (non-hydrogen) atoms. The van der Waals surface area contributed by atoms with Crippen LogP contribution in [0.25, 0.3) is 22.4 Å². The highest BCUT2D eigenvalue weighted by Gasteiger charge is 2.12. The lowest BCUT2D eigenvalue weighted by molar-refractivity contribution is 0.771. The topological polar surface area (TPSA) is 34.0 Å². The molecule has 0 spiro atoms. The third-order valence-corrected chi connectivity index (χ3v) is 3.39. The second kappa shape index (κ2) is 7.58. The van der Waals surface area contributed by atoms with E-state index < -0.39 is 0 Å². The lowest BCUT2D eigenvalue weighted by Crippen LogP contribution is -2.10. The summed E-state index contributed by atoms with van der Waals surface area (Å²) in [6, 6.07) is 14.4. The first-order valence-electron chi connectivity index (χ1n) is 7.88. The Kier molecular flexibility index (Phi) is 5.52. The van der Waals surface area contributed by atoms with E-state index in [1.165, 1.54) is 0 Å². The van der Waals surface area contributed by atoms with Gasteiger partial charge in [-0.3, -0.25) is 4.68 Å². The zero-order valence-corrected chi connectivity index (χ0v) is 14.5. The molecule has 0 fully saturated rings. The van der Waals surface area contributed by atoms with Crippen LogP contribution in [0.5, 0.6) is 0 Å². The molecule has 2 heterocycles. The summed E-state index contributed by atoms with van der Waals surface area (Å²) < 4.78 is 1.85. The fourth-order valence-corrected chi connectivity index (χ4v) is 2.34. The summed E-state index contributed by atoms with van der Waals surface area (Å²) in [5.41, 5.74) is 4.36. The highest BCUT2D eigenvalue weighted by Crippen LogP contribution is 2.31. The number of aromatic nitrogens is 3. The molecule has 4 heteroatoms. The summed E-state index contributed by atoms with van der Waals surface area (Å²) in [6.07, 6.45) is 3.89. The van der Waals surface area contributed by atoms with Crippen molar-refractivity contribution in [1.82, 2.24) is 14.8 Å². The Morgan fingerprint density at radius 2 is 1.65 bits per heavy atom. The van der Waals surface area contributed by atoms with Crippen molar-refractivity contribution in [2.45, 2.75) is 13.8 Å². The second-order valence-corrected chi connectivity index (χ2v) is 5.23. The maximum absolute atomic E-state index is 4.61. The summed E-state index contributed by atoms with van der Waals surface area (Å²) in [7, 11) is 5.94. The van der Waals surface area contributed by atoms with Gasteiger partial charge in [0.1, 0.15) is 11.5 Å². The van der Waals surface area contributed by atoms with Crippen molar-refractivity contribution in [2.24, 2.45) is 7.05 Å². The monoisotopic (exact) mass is 308 g/mol. The average Bonchev–Trinajstić information content (AvgIpc) is 2.99. The maximum atomic E-state index is 4.61. The molecule has 0 radical (unpaired) electrons. The van der Waals surface area contributed by atoms with Crippen molar-refractivity contribution in [3.05, 3.63) is 54.9 Å². The van der Waals surface area contributed by atoms with Crippen LogP contribution < -0.4 is 4.90 Å². The quantitative estimate of drug-likeness (QED) is 0.725. The van der Waals surface area contributed by atoms with Crippen LogP contribution in [0, 0.1) is 0 Å². The van der Waals surface area contributed by atoms with Crippen molar-refractivity contribution in [3.8, 4) is 22.4 Å². The minimum absolute atomic E-state index is 0.940. The van der Waals surface area contributed by atoms with Gasteiger partial charge in [0, 0.05) is 44.7 Å². The van der Waals surface area contributed by atoms with Gasteiger partial charge in [-0.15, -0.1) is 0 Å². The minimum Gasteiger partial charge on any atom is -0.363 e. The number of aryl methyl sites for hydroxylation is 1. The number of rotatable bonds is 3.